The van der Waals surface area contributed by atoms with Crippen LogP contribution in [0, 0.1) is 13.8 Å². The molecule has 184 valence electrons. The van der Waals surface area contributed by atoms with E-state index in [1.54, 1.807) is 0 Å². The highest BCUT2D eigenvalue weighted by Crippen LogP contribution is 2.45. The smallest absolute Gasteiger partial charge is 0.170 e. The molecule has 0 amide bonds. The maximum atomic E-state index is 15.6. The van der Waals surface area contributed by atoms with Crippen LogP contribution in [0.4, 0.5) is 15.9 Å². The van der Waals surface area contributed by atoms with Gasteiger partial charge < -0.3 is 14.9 Å². The van der Waals surface area contributed by atoms with Crippen LogP contribution in [0.15, 0.2) is 36.4 Å². The van der Waals surface area contributed by atoms with Gasteiger partial charge in [0.05, 0.1) is 11.6 Å². The van der Waals surface area contributed by atoms with Gasteiger partial charge in [0.25, 0.3) is 0 Å². The van der Waals surface area contributed by atoms with E-state index in [0.29, 0.717) is 31.1 Å². The number of rotatable bonds is 4. The van der Waals surface area contributed by atoms with Crippen molar-refractivity contribution < 1.29 is 9.50 Å². The summed E-state index contributed by atoms with van der Waals surface area (Å²) < 4.78 is 15.6. The van der Waals surface area contributed by atoms with Gasteiger partial charge in [-0.05, 0) is 87.1 Å². The van der Waals surface area contributed by atoms with Crippen molar-refractivity contribution >= 4 is 22.4 Å². The van der Waals surface area contributed by atoms with Crippen LogP contribution in [0.25, 0.3) is 10.9 Å². The molecular weight excluding hydrogens is 439 g/mol. The number of fused-ring (bicyclic) bond motifs is 1. The number of nitrogens with zero attached hydrogens (tertiary/aromatic N) is 4. The summed E-state index contributed by atoms with van der Waals surface area (Å²) in [6.45, 7) is 7.55. The summed E-state index contributed by atoms with van der Waals surface area (Å²) in [6, 6.07) is 13.0. The van der Waals surface area contributed by atoms with Crippen LogP contribution in [-0.4, -0.2) is 47.4 Å². The Bertz CT molecular complexity index is 1250. The Balaban J connectivity index is 1.38. The van der Waals surface area contributed by atoms with Gasteiger partial charge in [-0.1, -0.05) is 24.3 Å². The van der Waals surface area contributed by atoms with Crippen LogP contribution in [0.2, 0.25) is 0 Å². The first-order chi connectivity index (χ1) is 16.9. The van der Waals surface area contributed by atoms with Gasteiger partial charge in [0.1, 0.15) is 5.82 Å². The third-order valence-corrected chi connectivity index (χ3v) is 8.45. The monoisotopic (exact) mass is 474 g/mol. The number of benzene rings is 2. The Labute approximate surface area is 207 Å². The van der Waals surface area contributed by atoms with Crippen LogP contribution in [0.1, 0.15) is 67.0 Å². The number of aliphatic hydroxyl groups excluding tert-OH is 1. The molecule has 35 heavy (non-hydrogen) atoms. The molecule has 3 fully saturated rings. The molecule has 1 aliphatic carbocycles. The summed E-state index contributed by atoms with van der Waals surface area (Å²) in [4.78, 5) is 14.3. The highest BCUT2D eigenvalue weighted by atomic mass is 19.1. The summed E-state index contributed by atoms with van der Waals surface area (Å²) in [5.41, 5.74) is 4.41. The van der Waals surface area contributed by atoms with E-state index in [4.69, 9.17) is 9.97 Å². The van der Waals surface area contributed by atoms with Crippen LogP contribution in [0.5, 0.6) is 0 Å². The highest BCUT2D eigenvalue weighted by molar-refractivity contribution is 5.94. The number of aromatic nitrogens is 2. The minimum absolute atomic E-state index is 0.283. The fourth-order valence-corrected chi connectivity index (χ4v) is 6.13. The van der Waals surface area contributed by atoms with Crippen LogP contribution in [-0.2, 0) is 5.67 Å². The number of alkyl halides is 1. The lowest BCUT2D eigenvalue weighted by molar-refractivity contribution is 0.0512. The van der Waals surface area contributed by atoms with Crippen molar-refractivity contribution in [3.05, 3.63) is 58.9 Å². The number of aryl methyl sites for hydroxylation is 2. The number of aliphatic hydroxyl groups is 1. The van der Waals surface area contributed by atoms with Crippen molar-refractivity contribution in [3.8, 4) is 0 Å². The molecule has 2 saturated heterocycles. The molecule has 2 aromatic carbocycles. The zero-order valence-corrected chi connectivity index (χ0v) is 20.8. The van der Waals surface area contributed by atoms with Gasteiger partial charge in [-0.15, -0.1) is 0 Å². The zero-order valence-electron chi connectivity index (χ0n) is 20.8. The molecule has 0 spiro atoms. The average molecular weight is 475 g/mol. The first-order valence-electron chi connectivity index (χ1n) is 13.2. The molecule has 0 unspecified atom stereocenters. The maximum Gasteiger partial charge on any atom is 0.170 e. The van der Waals surface area contributed by atoms with Crippen LogP contribution >= 0.6 is 0 Å². The molecule has 2 aliphatic heterocycles. The first kappa shape index (κ1) is 22.7. The molecule has 1 saturated carbocycles. The number of piperidine rings is 1. The molecule has 6 rings (SSSR count). The Morgan fingerprint density at radius 3 is 2.34 bits per heavy atom. The number of halogens is 1. The molecule has 1 N–H and O–H groups in total. The summed E-state index contributed by atoms with van der Waals surface area (Å²) in [5.74, 6) is 1.78. The average Bonchev–Trinajstić information content (AvgIpc) is 3.29. The number of β-amino-alcohol motifs (C(OH)–C–C–N with tert-alkyl or cyclic N) is 1. The minimum Gasteiger partial charge on any atom is -0.391 e. The normalized spacial score (nSPS) is 22.6. The molecule has 1 atom stereocenters. The van der Waals surface area contributed by atoms with Gasteiger partial charge in [0, 0.05) is 37.3 Å². The second kappa shape index (κ2) is 8.74. The van der Waals surface area contributed by atoms with Crippen molar-refractivity contribution in [3.63, 3.8) is 0 Å². The standard InChI is InChI=1S/C29H35FN4O/c1-19-6-3-4-7-24(19)21-8-13-33(14-9-21)27-25-17-22(34-15-10-23(35)18-34)16-20(2)26(25)31-28(32-27)29(30)11-5-12-29/h3-4,6-7,16-17,21,23,35H,5,8-15,18H2,1-2H3/t23-/m0/s1. The molecule has 1 aromatic heterocycles. The predicted octanol–water partition coefficient (Wildman–Crippen LogP) is 5.55. The van der Waals surface area contributed by atoms with Crippen molar-refractivity contribution in [2.45, 2.75) is 70.1 Å². The zero-order chi connectivity index (χ0) is 24.2. The first-order valence-corrected chi connectivity index (χ1v) is 13.2. The number of hydrogen-bond donors (Lipinski definition) is 1. The van der Waals surface area contributed by atoms with Gasteiger partial charge in [-0.25, -0.2) is 14.4 Å². The van der Waals surface area contributed by atoms with Crippen molar-refractivity contribution in [1.82, 2.24) is 9.97 Å². The largest absolute Gasteiger partial charge is 0.391 e. The van der Waals surface area contributed by atoms with E-state index in [1.807, 2.05) is 0 Å². The topological polar surface area (TPSA) is 52.5 Å². The molecular formula is C29H35FN4O. The van der Waals surface area contributed by atoms with E-state index in [2.05, 4.69) is 60.0 Å². The predicted molar refractivity (Wildman–Crippen MR) is 139 cm³/mol. The summed E-state index contributed by atoms with van der Waals surface area (Å²) in [6.07, 6.45) is 4.54. The lowest BCUT2D eigenvalue weighted by Crippen LogP contribution is -2.36. The summed E-state index contributed by atoms with van der Waals surface area (Å²) in [7, 11) is 0. The number of anilines is 2. The quantitative estimate of drug-likeness (QED) is 0.537. The van der Waals surface area contributed by atoms with Gasteiger partial charge in [-0.3, -0.25) is 0 Å². The lowest BCUT2D eigenvalue weighted by atomic mass is 9.81. The fourth-order valence-electron chi connectivity index (χ4n) is 6.13. The van der Waals surface area contributed by atoms with E-state index in [-0.39, 0.29) is 6.10 Å². The summed E-state index contributed by atoms with van der Waals surface area (Å²) >= 11 is 0. The second-order valence-electron chi connectivity index (χ2n) is 10.9. The van der Waals surface area contributed by atoms with Gasteiger partial charge >= 0.3 is 0 Å². The van der Waals surface area contributed by atoms with Crippen molar-refractivity contribution in [1.29, 1.82) is 0 Å². The Hall–Kier alpha value is -2.73. The molecule has 3 aromatic rings. The fraction of sp³-hybridized carbons (Fsp3) is 0.517. The summed E-state index contributed by atoms with van der Waals surface area (Å²) in [5, 5.41) is 11.1. The molecule has 5 nitrogen and oxygen atoms in total. The van der Waals surface area contributed by atoms with E-state index in [0.717, 1.165) is 73.3 Å². The van der Waals surface area contributed by atoms with E-state index >= 15 is 4.39 Å². The third-order valence-electron chi connectivity index (χ3n) is 8.45. The molecule has 0 bridgehead atoms. The van der Waals surface area contributed by atoms with Crippen molar-refractivity contribution in [2.24, 2.45) is 0 Å². The molecule has 3 heterocycles. The Morgan fingerprint density at radius 2 is 1.69 bits per heavy atom. The van der Waals surface area contributed by atoms with Crippen LogP contribution < -0.4 is 9.80 Å². The van der Waals surface area contributed by atoms with E-state index < -0.39 is 5.67 Å². The van der Waals surface area contributed by atoms with Gasteiger partial charge in [0.15, 0.2) is 11.5 Å². The van der Waals surface area contributed by atoms with Crippen LogP contribution in [0.3, 0.4) is 0 Å². The number of hydrogen-bond acceptors (Lipinski definition) is 5. The molecule has 3 aliphatic rings. The van der Waals surface area contributed by atoms with Gasteiger partial charge in [-0.2, -0.15) is 0 Å². The molecule has 6 heteroatoms. The molecule has 0 radical (unpaired) electrons. The van der Waals surface area contributed by atoms with E-state index in [1.165, 1.54) is 11.1 Å². The van der Waals surface area contributed by atoms with Crippen molar-refractivity contribution in [2.75, 3.05) is 36.0 Å². The highest BCUT2D eigenvalue weighted by Gasteiger charge is 2.42. The van der Waals surface area contributed by atoms with E-state index in [9.17, 15) is 5.11 Å². The lowest BCUT2D eigenvalue weighted by Gasteiger charge is -2.36. The van der Waals surface area contributed by atoms with Gasteiger partial charge in [0.2, 0.25) is 0 Å². The minimum atomic E-state index is -1.40. The Morgan fingerprint density at radius 1 is 0.943 bits per heavy atom. The Kier molecular flexibility index (Phi) is 5.67. The second-order valence-corrected chi connectivity index (χ2v) is 10.9. The SMILES string of the molecule is Cc1ccccc1C1CCN(c2nc(C3(F)CCC3)nc3c(C)cc(N4CC[C@H](O)C4)cc23)CC1. The third kappa shape index (κ3) is 4.06. The maximum absolute atomic E-state index is 15.6.